The standard InChI is InChI=1S/2C24H36O5S/c1-13-8-10-18(11-9-13)30-23-21-20(28-24(6,7)29-21)19(17(5)26-23)27-22-16(4)15(3)14(2)12-25-22;1-13-8-10-20(11-9-13)30-24-22(28-19(7)25)17(5)21(18(6)27-24)29-23-16(4)15(3)14(2)12-26-23/h8-11,14-17,19-23H,12H2,1-7H3;8-11,14-18,21-24H,12H2,1-7H3/t14-,15+,16?,17?,19+,20+,21?,22+,23+;14-,15+,16?,17+,18?,21-,22?,23+,24+/m11/s1. The summed E-state index contributed by atoms with van der Waals surface area (Å²) in [5.74, 6) is 1.73. The summed E-state index contributed by atoms with van der Waals surface area (Å²) in [7, 11) is 0. The Morgan fingerprint density at radius 2 is 1.02 bits per heavy atom. The van der Waals surface area contributed by atoms with Crippen molar-refractivity contribution in [2.75, 3.05) is 13.2 Å². The predicted molar refractivity (Wildman–Crippen MR) is 235 cm³/mol. The quantitative estimate of drug-likeness (QED) is 0.224. The molecule has 0 saturated carbocycles. The monoisotopic (exact) mass is 872 g/mol. The highest BCUT2D eigenvalue weighted by atomic mass is 32.2. The van der Waals surface area contributed by atoms with E-state index in [4.69, 9.17) is 42.6 Å². The van der Waals surface area contributed by atoms with Gasteiger partial charge in [0.1, 0.15) is 35.3 Å². The van der Waals surface area contributed by atoms with Crippen molar-refractivity contribution in [3.63, 3.8) is 0 Å². The third-order valence-corrected chi connectivity index (χ3v) is 15.8. The smallest absolute Gasteiger partial charge is 0.303 e. The highest BCUT2D eigenvalue weighted by molar-refractivity contribution is 8.00. The summed E-state index contributed by atoms with van der Waals surface area (Å²) >= 11 is 3.28. The van der Waals surface area contributed by atoms with E-state index in [2.05, 4.69) is 118 Å². The molecular weight excluding hydrogens is 801 g/mol. The molecule has 18 atom stereocenters. The molecule has 12 heteroatoms. The number of hydrogen-bond acceptors (Lipinski definition) is 12. The SMILES string of the molecule is CC(=O)OC1[C@@H](C)[C@@H](O[C@@H]2OC[C@@H](C)[C@H](C)C2C)C(C)O[C@H]1Sc1ccc(C)cc1.Cc1ccc(S[C@@H]2OC(C)[C@H](O[C@@H]3OC[C@@H](C)[C@H](C)C3C)[C@@H]3OC(C)(C)OC32)cc1. The number of hydrogen-bond donors (Lipinski definition) is 0. The largest absolute Gasteiger partial charge is 0.458 e. The fourth-order valence-electron chi connectivity index (χ4n) is 8.88. The van der Waals surface area contributed by atoms with Crippen LogP contribution in [0.15, 0.2) is 58.3 Å². The molecular formula is C48H72O10S2. The van der Waals surface area contributed by atoms with Gasteiger partial charge in [-0.15, -0.1) is 0 Å². The van der Waals surface area contributed by atoms with Crippen molar-refractivity contribution in [2.45, 2.75) is 179 Å². The number of esters is 1. The Morgan fingerprint density at radius 3 is 1.52 bits per heavy atom. The molecule has 0 aliphatic carbocycles. The van der Waals surface area contributed by atoms with Gasteiger partial charge in [-0.3, -0.25) is 4.79 Å². The summed E-state index contributed by atoms with van der Waals surface area (Å²) in [5, 5.41) is 0. The summed E-state index contributed by atoms with van der Waals surface area (Å²) in [6.45, 7) is 30.5. The van der Waals surface area contributed by atoms with Crippen LogP contribution in [0.4, 0.5) is 0 Å². The first-order valence-electron chi connectivity index (χ1n) is 22.2. The molecule has 6 unspecified atom stereocenters. The average molecular weight is 873 g/mol. The number of fused-ring (bicyclic) bond motifs is 1. The number of ether oxygens (including phenoxy) is 9. The number of aryl methyl sites for hydroxylation is 2. The van der Waals surface area contributed by atoms with Crippen LogP contribution in [0.3, 0.4) is 0 Å². The van der Waals surface area contributed by atoms with Crippen molar-refractivity contribution < 1.29 is 47.4 Å². The van der Waals surface area contributed by atoms with Crippen molar-refractivity contribution in [1.82, 2.24) is 0 Å². The molecule has 336 valence electrons. The molecule has 5 saturated heterocycles. The predicted octanol–water partition coefficient (Wildman–Crippen LogP) is 10.1. The minimum atomic E-state index is -0.669. The van der Waals surface area contributed by atoms with E-state index < -0.39 is 11.9 Å². The van der Waals surface area contributed by atoms with Gasteiger partial charge >= 0.3 is 5.97 Å². The molecule has 10 nitrogen and oxygen atoms in total. The van der Waals surface area contributed by atoms with Gasteiger partial charge in [-0.05, 0) is 89.5 Å². The van der Waals surface area contributed by atoms with Gasteiger partial charge < -0.3 is 42.6 Å². The molecule has 5 aliphatic heterocycles. The Labute approximate surface area is 368 Å². The zero-order valence-corrected chi connectivity index (χ0v) is 40.0. The third-order valence-electron chi connectivity index (χ3n) is 13.5. The van der Waals surface area contributed by atoms with Crippen molar-refractivity contribution in [2.24, 2.45) is 41.4 Å². The van der Waals surface area contributed by atoms with Gasteiger partial charge in [0, 0.05) is 34.5 Å². The van der Waals surface area contributed by atoms with Gasteiger partial charge in [0.2, 0.25) is 0 Å². The van der Waals surface area contributed by atoms with E-state index in [1.807, 2.05) is 20.8 Å². The lowest BCUT2D eigenvalue weighted by atomic mass is 9.82. The molecule has 2 aromatic rings. The van der Waals surface area contributed by atoms with E-state index in [1.165, 1.54) is 18.1 Å². The molecule has 0 spiro atoms. The summed E-state index contributed by atoms with van der Waals surface area (Å²) < 4.78 is 56.3. The highest BCUT2D eigenvalue weighted by Crippen LogP contribution is 2.45. The fourth-order valence-corrected chi connectivity index (χ4v) is 11.2. The van der Waals surface area contributed by atoms with Gasteiger partial charge in [-0.25, -0.2) is 0 Å². The first-order chi connectivity index (χ1) is 28.3. The van der Waals surface area contributed by atoms with Crippen LogP contribution < -0.4 is 0 Å². The second kappa shape index (κ2) is 20.4. The Kier molecular flexibility index (Phi) is 16.3. The minimum absolute atomic E-state index is 0.0222. The Morgan fingerprint density at radius 1 is 0.583 bits per heavy atom. The maximum absolute atomic E-state index is 11.9. The van der Waals surface area contributed by atoms with E-state index in [-0.39, 0.29) is 72.0 Å². The number of rotatable bonds is 9. The first-order valence-corrected chi connectivity index (χ1v) is 23.9. The topological polar surface area (TPSA) is 100 Å². The first kappa shape index (κ1) is 47.8. The van der Waals surface area contributed by atoms with E-state index in [9.17, 15) is 4.79 Å². The molecule has 5 fully saturated rings. The minimum Gasteiger partial charge on any atom is -0.458 e. The molecule has 0 aromatic heterocycles. The molecule has 0 amide bonds. The molecule has 0 bridgehead atoms. The molecule has 5 heterocycles. The second-order valence-electron chi connectivity index (χ2n) is 18.8. The highest BCUT2D eigenvalue weighted by Gasteiger charge is 2.56. The normalized spacial score (nSPS) is 41.4. The van der Waals surface area contributed by atoms with Crippen molar-refractivity contribution in [3.05, 3.63) is 59.7 Å². The van der Waals surface area contributed by atoms with Crippen molar-refractivity contribution >= 4 is 29.5 Å². The molecule has 0 N–H and O–H groups in total. The summed E-state index contributed by atoms with van der Waals surface area (Å²) in [5.41, 5.74) is 2.01. The van der Waals surface area contributed by atoms with Crippen LogP contribution in [0.1, 0.15) is 94.2 Å². The third kappa shape index (κ3) is 11.5. The van der Waals surface area contributed by atoms with Crippen LogP contribution in [0, 0.1) is 55.3 Å². The van der Waals surface area contributed by atoms with E-state index >= 15 is 0 Å². The fraction of sp³-hybridized carbons (Fsp3) is 0.729. The lowest BCUT2D eigenvalue weighted by molar-refractivity contribution is -0.281. The van der Waals surface area contributed by atoms with Crippen molar-refractivity contribution in [3.8, 4) is 0 Å². The lowest BCUT2D eigenvalue weighted by Gasteiger charge is -2.47. The van der Waals surface area contributed by atoms with Gasteiger partial charge in [0.15, 0.2) is 18.4 Å². The van der Waals surface area contributed by atoms with Gasteiger partial charge in [-0.2, -0.15) is 0 Å². The van der Waals surface area contributed by atoms with Gasteiger partial charge in [0.25, 0.3) is 0 Å². The van der Waals surface area contributed by atoms with Crippen molar-refractivity contribution in [1.29, 1.82) is 0 Å². The molecule has 2 aromatic carbocycles. The van der Waals surface area contributed by atoms with Crippen LogP contribution in [0.25, 0.3) is 0 Å². The van der Waals surface area contributed by atoms with Crippen LogP contribution >= 0.6 is 23.5 Å². The average Bonchev–Trinajstić information content (AvgIpc) is 3.53. The zero-order valence-electron chi connectivity index (χ0n) is 38.3. The Bertz CT molecular complexity index is 1680. The summed E-state index contributed by atoms with van der Waals surface area (Å²) in [6, 6.07) is 16.8. The van der Waals surface area contributed by atoms with E-state index in [1.54, 1.807) is 23.5 Å². The summed E-state index contributed by atoms with van der Waals surface area (Å²) in [4.78, 5) is 14.1. The molecule has 60 heavy (non-hydrogen) atoms. The maximum atomic E-state index is 11.9. The van der Waals surface area contributed by atoms with Crippen LogP contribution in [-0.4, -0.2) is 91.1 Å². The maximum Gasteiger partial charge on any atom is 0.303 e. The lowest BCUT2D eigenvalue weighted by Crippen LogP contribution is -2.57. The van der Waals surface area contributed by atoms with Crippen LogP contribution in [-0.2, 0) is 47.4 Å². The number of carbonyl (C=O) groups is 1. The number of benzene rings is 2. The Balaban J connectivity index is 0.000000201. The molecule has 0 radical (unpaired) electrons. The zero-order chi connectivity index (χ0) is 43.6. The molecule has 5 aliphatic rings. The van der Waals surface area contributed by atoms with E-state index in [0.29, 0.717) is 42.1 Å². The second-order valence-corrected chi connectivity index (χ2v) is 21.1. The summed E-state index contributed by atoms with van der Waals surface area (Å²) in [6.07, 6.45) is -2.03. The van der Waals surface area contributed by atoms with Gasteiger partial charge in [0.05, 0.1) is 31.5 Å². The number of carbonyl (C=O) groups excluding carboxylic acids is 1. The van der Waals surface area contributed by atoms with E-state index in [0.717, 1.165) is 16.4 Å². The van der Waals surface area contributed by atoms with Crippen LogP contribution in [0.5, 0.6) is 0 Å². The Hall–Kier alpha value is -1.71. The van der Waals surface area contributed by atoms with Gasteiger partial charge in [-0.1, -0.05) is 107 Å². The molecule has 7 rings (SSSR count). The number of thioether (sulfide) groups is 2. The van der Waals surface area contributed by atoms with Crippen LogP contribution in [0.2, 0.25) is 0 Å².